The summed E-state index contributed by atoms with van der Waals surface area (Å²) in [5.74, 6) is 0. The second-order valence-corrected chi connectivity index (χ2v) is 2.69. The van der Waals surface area contributed by atoms with Gasteiger partial charge in [0.1, 0.15) is 0 Å². The normalized spacial score (nSPS) is 12.1. The molecule has 10 heavy (non-hydrogen) atoms. The molecule has 1 nitrogen and oxygen atoms in total. The Morgan fingerprint density at radius 1 is 1.40 bits per heavy atom. The van der Waals surface area contributed by atoms with Crippen LogP contribution in [0.4, 0.5) is 0 Å². The first-order chi connectivity index (χ1) is 4.68. The average molecular weight is 253 g/mol. The number of hydrogen-bond donors (Lipinski definition) is 1. The average Bonchev–Trinajstić information content (AvgIpc) is 1.93. The van der Waals surface area contributed by atoms with Crippen molar-refractivity contribution in [3.8, 4) is 0 Å². The zero-order valence-electron chi connectivity index (χ0n) is 7.11. The quantitative estimate of drug-likeness (QED) is 0.563. The zero-order valence-corrected chi connectivity index (χ0v) is 9.27. The van der Waals surface area contributed by atoms with Crippen LogP contribution in [0.2, 0.25) is 0 Å². The van der Waals surface area contributed by atoms with Gasteiger partial charge in [-0.05, 0) is 36.4 Å². The van der Waals surface area contributed by atoms with Crippen LogP contribution < -0.4 is 5.73 Å². The first kappa shape index (κ1) is 12.7. The molecule has 0 bridgehead atoms. The van der Waals surface area contributed by atoms with Gasteiger partial charge in [0.2, 0.25) is 0 Å². The smallest absolute Gasteiger partial charge is 0.0311 e. The minimum absolute atomic E-state index is 0.878. The van der Waals surface area contributed by atoms with E-state index in [2.05, 4.69) is 22.6 Å². The molecule has 0 fully saturated rings. The van der Waals surface area contributed by atoms with Crippen molar-refractivity contribution in [3.05, 3.63) is 21.4 Å². The molecular formula is C8H16IN. The van der Waals surface area contributed by atoms with Crippen LogP contribution in [0.5, 0.6) is 0 Å². The van der Waals surface area contributed by atoms with E-state index in [0.717, 1.165) is 9.28 Å². The van der Waals surface area contributed by atoms with Crippen molar-refractivity contribution >= 4 is 22.6 Å². The third kappa shape index (κ3) is 8.01. The summed E-state index contributed by atoms with van der Waals surface area (Å²) in [6, 6.07) is 0. The zero-order chi connectivity index (χ0) is 8.57. The van der Waals surface area contributed by atoms with Crippen LogP contribution in [0.3, 0.4) is 0 Å². The van der Waals surface area contributed by atoms with Crippen LogP contribution in [-0.2, 0) is 0 Å². The van der Waals surface area contributed by atoms with Gasteiger partial charge in [-0.1, -0.05) is 26.0 Å². The van der Waals surface area contributed by atoms with E-state index in [1.54, 1.807) is 0 Å². The minimum atomic E-state index is 0.878. The molecule has 0 spiro atoms. The molecule has 0 atom stereocenters. The molecule has 0 aromatic carbocycles. The van der Waals surface area contributed by atoms with Gasteiger partial charge in [0, 0.05) is 9.28 Å². The molecule has 0 aromatic heterocycles. The van der Waals surface area contributed by atoms with Gasteiger partial charge in [0.05, 0.1) is 0 Å². The van der Waals surface area contributed by atoms with Gasteiger partial charge in [-0.2, -0.15) is 0 Å². The van der Waals surface area contributed by atoms with E-state index >= 15 is 0 Å². The van der Waals surface area contributed by atoms with Crippen molar-refractivity contribution in [1.29, 1.82) is 0 Å². The van der Waals surface area contributed by atoms with E-state index < -0.39 is 0 Å². The Balaban J connectivity index is 0. The lowest BCUT2D eigenvalue weighted by molar-refractivity contribution is 1.31. The van der Waals surface area contributed by atoms with E-state index in [1.165, 1.54) is 0 Å². The Hall–Kier alpha value is 0.01000. The molecule has 2 N–H and O–H groups in total. The van der Waals surface area contributed by atoms with Crippen LogP contribution in [0, 0.1) is 0 Å². The molecule has 0 aliphatic heterocycles. The molecule has 60 valence electrons. The lowest BCUT2D eigenvalue weighted by Crippen LogP contribution is -1.90. The third-order valence-electron chi connectivity index (χ3n) is 0.690. The lowest BCUT2D eigenvalue weighted by atomic mass is 10.4. The van der Waals surface area contributed by atoms with Crippen LogP contribution >= 0.6 is 22.6 Å². The van der Waals surface area contributed by atoms with Crippen LogP contribution in [0.25, 0.3) is 0 Å². The number of nitrogens with two attached hydrogens (primary N) is 1. The van der Waals surface area contributed by atoms with Gasteiger partial charge < -0.3 is 5.73 Å². The fraction of sp³-hybridized carbons (Fsp3) is 0.500. The Morgan fingerprint density at radius 2 is 1.80 bits per heavy atom. The molecule has 0 rings (SSSR count). The standard InChI is InChI=1S/C6H10IN.C2H6/c1-3-4-6(7)5(2)8;1-2/h3-4H,8H2,1-2H3;1-2H3/b4-3-,6-5-;. The fourth-order valence-electron chi connectivity index (χ4n) is 0.278. The molecule has 0 aliphatic carbocycles. The van der Waals surface area contributed by atoms with E-state index in [9.17, 15) is 0 Å². The van der Waals surface area contributed by atoms with Gasteiger partial charge in [-0.3, -0.25) is 0 Å². The molecule has 0 radical (unpaired) electrons. The summed E-state index contributed by atoms with van der Waals surface area (Å²) < 4.78 is 1.12. The van der Waals surface area contributed by atoms with Crippen molar-refractivity contribution in [2.45, 2.75) is 27.7 Å². The summed E-state index contributed by atoms with van der Waals surface area (Å²) in [4.78, 5) is 0. The van der Waals surface area contributed by atoms with Gasteiger partial charge >= 0.3 is 0 Å². The molecule has 0 saturated heterocycles. The minimum Gasteiger partial charge on any atom is -0.401 e. The summed E-state index contributed by atoms with van der Waals surface area (Å²) >= 11 is 2.20. The maximum absolute atomic E-state index is 5.44. The van der Waals surface area contributed by atoms with Crippen LogP contribution in [-0.4, -0.2) is 0 Å². The second-order valence-electron chi connectivity index (χ2n) is 1.53. The van der Waals surface area contributed by atoms with Gasteiger partial charge in [0.15, 0.2) is 0 Å². The Kier molecular flexibility index (Phi) is 11.4. The van der Waals surface area contributed by atoms with Crippen LogP contribution in [0.1, 0.15) is 27.7 Å². The summed E-state index contributed by atoms with van der Waals surface area (Å²) in [6.07, 6.45) is 3.95. The van der Waals surface area contributed by atoms with Gasteiger partial charge in [-0.25, -0.2) is 0 Å². The molecule has 0 heterocycles. The fourth-order valence-corrected chi connectivity index (χ4v) is 0.637. The molecule has 0 saturated carbocycles. The maximum Gasteiger partial charge on any atom is 0.0311 e. The molecule has 0 aromatic rings. The number of hydrogen-bond acceptors (Lipinski definition) is 1. The highest BCUT2D eigenvalue weighted by Gasteiger charge is 1.83. The number of halogens is 1. The predicted molar refractivity (Wildman–Crippen MR) is 57.1 cm³/mol. The van der Waals surface area contributed by atoms with Crippen LogP contribution in [0.15, 0.2) is 21.4 Å². The highest BCUT2D eigenvalue weighted by molar-refractivity contribution is 14.1. The number of rotatable bonds is 1. The highest BCUT2D eigenvalue weighted by Crippen LogP contribution is 2.09. The molecular weight excluding hydrogens is 237 g/mol. The van der Waals surface area contributed by atoms with E-state index in [1.807, 2.05) is 39.8 Å². The monoisotopic (exact) mass is 253 g/mol. The maximum atomic E-state index is 5.44. The van der Waals surface area contributed by atoms with Crippen molar-refractivity contribution in [1.82, 2.24) is 0 Å². The topological polar surface area (TPSA) is 26.0 Å². The van der Waals surface area contributed by atoms with E-state index in [-0.39, 0.29) is 0 Å². The van der Waals surface area contributed by atoms with Gasteiger partial charge in [-0.15, -0.1) is 0 Å². The third-order valence-corrected chi connectivity index (χ3v) is 1.90. The summed E-state index contributed by atoms with van der Waals surface area (Å²) in [7, 11) is 0. The summed E-state index contributed by atoms with van der Waals surface area (Å²) in [5.41, 5.74) is 6.32. The molecule has 0 aliphatic rings. The molecule has 0 unspecified atom stereocenters. The largest absolute Gasteiger partial charge is 0.401 e. The second kappa shape index (κ2) is 9.01. The van der Waals surface area contributed by atoms with E-state index in [4.69, 9.17) is 5.73 Å². The summed E-state index contributed by atoms with van der Waals surface area (Å²) in [6.45, 7) is 7.86. The van der Waals surface area contributed by atoms with Crippen molar-refractivity contribution < 1.29 is 0 Å². The van der Waals surface area contributed by atoms with Crippen molar-refractivity contribution in [2.75, 3.05) is 0 Å². The lowest BCUT2D eigenvalue weighted by Gasteiger charge is -1.90. The van der Waals surface area contributed by atoms with Crippen molar-refractivity contribution in [3.63, 3.8) is 0 Å². The Labute approximate surface area is 77.5 Å². The molecule has 0 amide bonds. The van der Waals surface area contributed by atoms with Crippen molar-refractivity contribution in [2.24, 2.45) is 5.73 Å². The first-order valence-electron chi connectivity index (χ1n) is 3.43. The molecule has 2 heteroatoms. The Morgan fingerprint density at radius 3 is 1.90 bits per heavy atom. The predicted octanol–water partition coefficient (Wildman–Crippen LogP) is 3.21. The first-order valence-corrected chi connectivity index (χ1v) is 4.51. The number of allylic oxidation sites excluding steroid dienone is 4. The van der Waals surface area contributed by atoms with Gasteiger partial charge in [0.25, 0.3) is 0 Å². The highest BCUT2D eigenvalue weighted by atomic mass is 127. The summed E-state index contributed by atoms with van der Waals surface area (Å²) in [5, 5.41) is 0. The SMILES string of the molecule is C/C=C\C(I)=C(/C)N.CC. The Bertz CT molecular complexity index is 121. The van der Waals surface area contributed by atoms with E-state index in [0.29, 0.717) is 0 Å².